The number of nitrogens with zero attached hydrogens (tertiary/aromatic N) is 2. The van der Waals surface area contributed by atoms with E-state index in [4.69, 9.17) is 19.8 Å². The van der Waals surface area contributed by atoms with Gasteiger partial charge in [-0.3, -0.25) is 14.5 Å². The molecule has 0 aromatic rings. The van der Waals surface area contributed by atoms with Crippen molar-refractivity contribution < 1.29 is 29.4 Å². The SMILES string of the molecule is CC(=O)NCCCCCCC(=O)N(C)CC#CCN1CCCC1.O=C(O)C(=O)O. The van der Waals surface area contributed by atoms with Crippen LogP contribution in [0.5, 0.6) is 0 Å². The van der Waals surface area contributed by atoms with E-state index in [2.05, 4.69) is 22.1 Å². The van der Waals surface area contributed by atoms with Crippen LogP contribution in [0.4, 0.5) is 0 Å². The molecular weight excluding hydrogens is 378 g/mol. The van der Waals surface area contributed by atoms with Crippen LogP contribution in [-0.2, 0) is 19.2 Å². The van der Waals surface area contributed by atoms with Gasteiger partial charge in [-0.15, -0.1) is 0 Å². The summed E-state index contributed by atoms with van der Waals surface area (Å²) in [5, 5.41) is 17.6. The molecule has 0 aromatic carbocycles. The predicted octanol–water partition coefficient (Wildman–Crippen LogP) is 0.786. The van der Waals surface area contributed by atoms with Gasteiger partial charge in [0.15, 0.2) is 0 Å². The number of carboxylic acids is 2. The van der Waals surface area contributed by atoms with Crippen molar-refractivity contribution in [1.29, 1.82) is 0 Å². The summed E-state index contributed by atoms with van der Waals surface area (Å²) in [5.74, 6) is 2.80. The number of unbranched alkanes of at least 4 members (excludes halogenated alkanes) is 3. The molecule has 3 N–H and O–H groups in total. The fraction of sp³-hybridized carbons (Fsp3) is 0.700. The number of hydrogen-bond acceptors (Lipinski definition) is 5. The summed E-state index contributed by atoms with van der Waals surface area (Å²) in [5.41, 5.74) is 0. The number of nitrogens with one attached hydrogen (secondary N) is 1. The van der Waals surface area contributed by atoms with Crippen LogP contribution in [0.15, 0.2) is 0 Å². The van der Waals surface area contributed by atoms with Gasteiger partial charge < -0.3 is 20.4 Å². The first kappa shape index (κ1) is 26.4. The third-order valence-electron chi connectivity index (χ3n) is 4.24. The van der Waals surface area contributed by atoms with Crippen LogP contribution in [-0.4, -0.2) is 83.5 Å². The Labute approximate surface area is 172 Å². The van der Waals surface area contributed by atoms with Crippen LogP contribution in [0.1, 0.15) is 51.9 Å². The molecular formula is C20H33N3O6. The van der Waals surface area contributed by atoms with E-state index in [-0.39, 0.29) is 11.8 Å². The van der Waals surface area contributed by atoms with Gasteiger partial charge in [0.1, 0.15) is 0 Å². The van der Waals surface area contributed by atoms with Gasteiger partial charge in [-0.25, -0.2) is 9.59 Å². The van der Waals surface area contributed by atoms with Crippen LogP contribution >= 0.6 is 0 Å². The number of carbonyl (C=O) groups is 4. The number of amides is 2. The molecule has 29 heavy (non-hydrogen) atoms. The third kappa shape index (κ3) is 16.1. The molecule has 0 atom stereocenters. The molecule has 0 spiro atoms. The minimum atomic E-state index is -1.82. The van der Waals surface area contributed by atoms with Gasteiger partial charge in [0.25, 0.3) is 0 Å². The summed E-state index contributed by atoms with van der Waals surface area (Å²) in [6.45, 7) is 5.93. The van der Waals surface area contributed by atoms with Crippen LogP contribution in [0.2, 0.25) is 0 Å². The smallest absolute Gasteiger partial charge is 0.414 e. The van der Waals surface area contributed by atoms with Crippen molar-refractivity contribution in [2.75, 3.05) is 39.8 Å². The van der Waals surface area contributed by atoms with E-state index in [1.807, 2.05) is 7.05 Å². The van der Waals surface area contributed by atoms with Crippen molar-refractivity contribution in [2.45, 2.75) is 51.9 Å². The summed E-state index contributed by atoms with van der Waals surface area (Å²) >= 11 is 0. The van der Waals surface area contributed by atoms with Crippen molar-refractivity contribution in [3.05, 3.63) is 0 Å². The highest BCUT2D eigenvalue weighted by atomic mass is 16.4. The van der Waals surface area contributed by atoms with Crippen molar-refractivity contribution in [3.63, 3.8) is 0 Å². The molecule has 0 unspecified atom stereocenters. The highest BCUT2D eigenvalue weighted by Gasteiger charge is 2.09. The number of rotatable bonds is 9. The first-order valence-electron chi connectivity index (χ1n) is 9.86. The minimum absolute atomic E-state index is 0.0210. The Morgan fingerprint density at radius 2 is 1.55 bits per heavy atom. The van der Waals surface area contributed by atoms with E-state index in [0.717, 1.165) is 51.9 Å². The van der Waals surface area contributed by atoms with Crippen molar-refractivity contribution in [2.24, 2.45) is 0 Å². The summed E-state index contributed by atoms with van der Waals surface area (Å²) in [6, 6.07) is 0. The van der Waals surface area contributed by atoms with Gasteiger partial charge in [-0.1, -0.05) is 24.7 Å². The van der Waals surface area contributed by atoms with E-state index < -0.39 is 11.9 Å². The average Bonchev–Trinajstić information content (AvgIpc) is 3.17. The molecule has 0 radical (unpaired) electrons. The van der Waals surface area contributed by atoms with E-state index in [0.29, 0.717) is 13.0 Å². The zero-order valence-electron chi connectivity index (χ0n) is 17.4. The second kappa shape index (κ2) is 16.4. The van der Waals surface area contributed by atoms with Gasteiger partial charge in [0, 0.05) is 26.9 Å². The molecule has 1 heterocycles. The van der Waals surface area contributed by atoms with Gasteiger partial charge in [0.05, 0.1) is 13.1 Å². The van der Waals surface area contributed by atoms with Crippen LogP contribution in [0, 0.1) is 11.8 Å². The first-order chi connectivity index (χ1) is 13.7. The van der Waals surface area contributed by atoms with Crippen LogP contribution in [0.3, 0.4) is 0 Å². The molecule has 1 aliphatic rings. The largest absolute Gasteiger partial charge is 0.473 e. The lowest BCUT2D eigenvalue weighted by molar-refractivity contribution is -0.159. The summed E-state index contributed by atoms with van der Waals surface area (Å²) in [6.07, 6.45) is 7.11. The molecule has 9 heteroatoms. The zero-order chi connectivity index (χ0) is 22.1. The maximum absolute atomic E-state index is 12.0. The van der Waals surface area contributed by atoms with Gasteiger partial charge in [-0.2, -0.15) is 0 Å². The van der Waals surface area contributed by atoms with Crippen molar-refractivity contribution in [3.8, 4) is 11.8 Å². The first-order valence-corrected chi connectivity index (χ1v) is 9.86. The fourth-order valence-corrected chi connectivity index (χ4v) is 2.58. The Bertz CT molecular complexity index is 579. The lowest BCUT2D eigenvalue weighted by Gasteiger charge is -2.14. The standard InChI is InChI=1S/C18H31N3O2.C2H2O4/c1-17(22)19-12-6-4-3-5-11-18(23)20(2)13-7-8-14-21-15-9-10-16-21;3-1(4)2(5)6/h3-6,9-16H2,1-2H3,(H,19,22);(H,3,4)(H,5,6). The minimum Gasteiger partial charge on any atom is -0.473 e. The van der Waals surface area contributed by atoms with E-state index >= 15 is 0 Å². The molecule has 1 saturated heterocycles. The maximum Gasteiger partial charge on any atom is 0.414 e. The van der Waals surface area contributed by atoms with Crippen molar-refractivity contribution >= 4 is 23.8 Å². The predicted molar refractivity (Wildman–Crippen MR) is 108 cm³/mol. The fourth-order valence-electron chi connectivity index (χ4n) is 2.58. The highest BCUT2D eigenvalue weighted by Crippen LogP contribution is 2.06. The Morgan fingerprint density at radius 1 is 0.966 bits per heavy atom. The molecule has 1 fully saturated rings. The Hall–Kier alpha value is -2.60. The monoisotopic (exact) mass is 411 g/mol. The number of carboxylic acid groups (broad SMARTS) is 2. The molecule has 2 amide bonds. The molecule has 1 rings (SSSR count). The van der Waals surface area contributed by atoms with Gasteiger partial charge in [-0.05, 0) is 38.8 Å². The molecule has 0 aliphatic carbocycles. The Kier molecular flexibility index (Phi) is 14.9. The Morgan fingerprint density at radius 3 is 2.10 bits per heavy atom. The normalized spacial score (nSPS) is 12.8. The maximum atomic E-state index is 12.0. The third-order valence-corrected chi connectivity index (χ3v) is 4.24. The van der Waals surface area contributed by atoms with Crippen molar-refractivity contribution in [1.82, 2.24) is 15.1 Å². The van der Waals surface area contributed by atoms with Crippen LogP contribution in [0.25, 0.3) is 0 Å². The van der Waals surface area contributed by atoms with E-state index in [1.165, 1.54) is 19.8 Å². The lowest BCUT2D eigenvalue weighted by Crippen LogP contribution is -2.27. The summed E-state index contributed by atoms with van der Waals surface area (Å²) in [7, 11) is 1.82. The zero-order valence-corrected chi connectivity index (χ0v) is 17.4. The number of carbonyl (C=O) groups excluding carboxylic acids is 2. The number of likely N-dealkylation sites (tertiary alicyclic amines) is 1. The van der Waals surface area contributed by atoms with Gasteiger partial charge >= 0.3 is 11.9 Å². The second-order valence-corrected chi connectivity index (χ2v) is 6.84. The van der Waals surface area contributed by atoms with E-state index in [1.54, 1.807) is 4.90 Å². The average molecular weight is 411 g/mol. The van der Waals surface area contributed by atoms with Gasteiger partial charge in [0.2, 0.25) is 11.8 Å². The molecule has 9 nitrogen and oxygen atoms in total. The summed E-state index contributed by atoms with van der Waals surface area (Å²) < 4.78 is 0. The molecule has 164 valence electrons. The lowest BCUT2D eigenvalue weighted by atomic mass is 10.1. The molecule has 0 saturated carbocycles. The quantitative estimate of drug-likeness (QED) is 0.291. The number of aliphatic carboxylic acids is 2. The molecule has 0 aromatic heterocycles. The number of hydrogen-bond donors (Lipinski definition) is 3. The molecule has 1 aliphatic heterocycles. The second-order valence-electron chi connectivity index (χ2n) is 6.84. The summed E-state index contributed by atoms with van der Waals surface area (Å²) in [4.78, 5) is 44.9. The topological polar surface area (TPSA) is 127 Å². The van der Waals surface area contributed by atoms with Crippen LogP contribution < -0.4 is 5.32 Å². The molecule has 0 bridgehead atoms. The highest BCUT2D eigenvalue weighted by molar-refractivity contribution is 6.27. The Balaban J connectivity index is 0.00000113. The van der Waals surface area contributed by atoms with E-state index in [9.17, 15) is 9.59 Å².